The fourth-order valence-corrected chi connectivity index (χ4v) is 2.27. The minimum atomic E-state index is -0.985. The second-order valence-corrected chi connectivity index (χ2v) is 5.07. The van der Waals surface area contributed by atoms with E-state index in [9.17, 15) is 14.7 Å². The topological polar surface area (TPSA) is 75.6 Å². The van der Waals surface area contributed by atoms with E-state index in [1.807, 2.05) is 19.9 Å². The van der Waals surface area contributed by atoms with E-state index in [2.05, 4.69) is 5.32 Å². The van der Waals surface area contributed by atoms with Crippen molar-refractivity contribution in [2.24, 2.45) is 0 Å². The summed E-state index contributed by atoms with van der Waals surface area (Å²) in [6.45, 7) is 4.17. The number of Topliss-reactive ketones (excluding diaryl/α,β-unsaturated/α-hetero) is 1. The van der Waals surface area contributed by atoms with Crippen LogP contribution in [0.15, 0.2) is 34.8 Å². The van der Waals surface area contributed by atoms with Crippen molar-refractivity contribution < 1.29 is 19.4 Å². The first-order valence-electron chi connectivity index (χ1n) is 6.81. The number of aliphatic hydroxyl groups is 1. The molecule has 1 heterocycles. The second-order valence-electron chi connectivity index (χ2n) is 5.07. The number of ether oxygens (including phenoxy) is 1. The lowest BCUT2D eigenvalue weighted by Crippen LogP contribution is -2.41. The number of carbonyl (C=O) groups is 2. The molecule has 0 spiro atoms. The van der Waals surface area contributed by atoms with Crippen LogP contribution in [0.25, 0.3) is 0 Å². The number of carbonyl (C=O) groups excluding carboxylic acids is 2. The molecule has 0 radical (unpaired) electrons. The molecule has 2 aliphatic rings. The van der Waals surface area contributed by atoms with E-state index in [0.717, 1.165) is 18.4 Å². The molecule has 5 heteroatoms. The summed E-state index contributed by atoms with van der Waals surface area (Å²) in [4.78, 5) is 23.9. The van der Waals surface area contributed by atoms with Crippen molar-refractivity contribution in [1.82, 2.24) is 5.32 Å². The highest BCUT2D eigenvalue weighted by molar-refractivity contribution is 6.05. The molecule has 0 saturated heterocycles. The summed E-state index contributed by atoms with van der Waals surface area (Å²) in [5.74, 6) is -0.961. The monoisotopic (exact) mass is 277 g/mol. The third-order valence-corrected chi connectivity index (χ3v) is 3.32. The Kier molecular flexibility index (Phi) is 4.27. The quantitative estimate of drug-likeness (QED) is 0.606. The number of rotatable bonds is 4. The van der Waals surface area contributed by atoms with Gasteiger partial charge in [0.15, 0.2) is 11.8 Å². The molecular weight excluding hydrogens is 258 g/mol. The van der Waals surface area contributed by atoms with Crippen molar-refractivity contribution in [3.63, 3.8) is 0 Å². The van der Waals surface area contributed by atoms with E-state index in [-0.39, 0.29) is 23.5 Å². The van der Waals surface area contributed by atoms with Crippen molar-refractivity contribution in [1.29, 1.82) is 0 Å². The number of unbranched alkanes of at least 4 members (excludes halogenated alkanes) is 1. The predicted molar refractivity (Wildman–Crippen MR) is 73.9 cm³/mol. The standard InChI is InChI=1S/C15H19NO4/c1-3-4-5-20-15(19)13-14(18)12-10(8-16-13)6-9(2)7-11(12)17/h6,8,13,16,18H,3-5,7H2,1-2H3. The number of dihydropyridines is 1. The van der Waals surface area contributed by atoms with E-state index in [4.69, 9.17) is 4.74 Å². The third kappa shape index (κ3) is 2.76. The second kappa shape index (κ2) is 5.94. The molecule has 2 N–H and O–H groups in total. The Morgan fingerprint density at radius 3 is 3.00 bits per heavy atom. The summed E-state index contributed by atoms with van der Waals surface area (Å²) >= 11 is 0. The zero-order valence-corrected chi connectivity index (χ0v) is 11.7. The van der Waals surface area contributed by atoms with Crippen LogP contribution in [-0.2, 0) is 14.3 Å². The van der Waals surface area contributed by atoms with Crippen molar-refractivity contribution in [2.45, 2.75) is 39.2 Å². The predicted octanol–water partition coefficient (Wildman–Crippen LogP) is 1.92. The summed E-state index contributed by atoms with van der Waals surface area (Å²) in [5, 5.41) is 13.0. The third-order valence-electron chi connectivity index (χ3n) is 3.32. The van der Waals surface area contributed by atoms with Crippen molar-refractivity contribution in [2.75, 3.05) is 6.61 Å². The number of hydrogen-bond acceptors (Lipinski definition) is 5. The molecule has 0 amide bonds. The Morgan fingerprint density at radius 1 is 1.55 bits per heavy atom. The fraction of sp³-hybridized carbons (Fsp3) is 0.467. The normalized spacial score (nSPS) is 21.7. The Balaban J connectivity index is 2.18. The molecule has 1 aliphatic carbocycles. The lowest BCUT2D eigenvalue weighted by Gasteiger charge is -2.26. The number of fused-ring (bicyclic) bond motifs is 1. The van der Waals surface area contributed by atoms with Gasteiger partial charge in [-0.1, -0.05) is 25.0 Å². The maximum atomic E-state index is 12.0. The van der Waals surface area contributed by atoms with Gasteiger partial charge in [-0.25, -0.2) is 4.79 Å². The number of esters is 1. The van der Waals surface area contributed by atoms with Crippen LogP contribution in [0.3, 0.4) is 0 Å². The Bertz CT molecular complexity index is 528. The summed E-state index contributed by atoms with van der Waals surface area (Å²) in [5.41, 5.74) is 1.78. The lowest BCUT2D eigenvalue weighted by molar-refractivity contribution is -0.145. The lowest BCUT2D eigenvalue weighted by atomic mass is 9.86. The summed E-state index contributed by atoms with van der Waals surface area (Å²) in [6, 6.07) is -0.985. The molecule has 0 bridgehead atoms. The van der Waals surface area contributed by atoms with Crippen LogP contribution in [-0.4, -0.2) is 29.5 Å². The maximum Gasteiger partial charge on any atom is 0.336 e. The van der Waals surface area contributed by atoms with Crippen molar-refractivity contribution >= 4 is 11.8 Å². The molecule has 1 unspecified atom stereocenters. The van der Waals surface area contributed by atoms with Gasteiger partial charge < -0.3 is 15.2 Å². The zero-order chi connectivity index (χ0) is 14.7. The van der Waals surface area contributed by atoms with Gasteiger partial charge in [0, 0.05) is 18.2 Å². The van der Waals surface area contributed by atoms with E-state index >= 15 is 0 Å². The molecule has 1 atom stereocenters. The van der Waals surface area contributed by atoms with E-state index < -0.39 is 12.0 Å². The minimum Gasteiger partial charge on any atom is -0.509 e. The molecule has 0 aromatic heterocycles. The van der Waals surface area contributed by atoms with Crippen molar-refractivity contribution in [3.05, 3.63) is 34.8 Å². The number of nitrogens with one attached hydrogen (secondary N) is 1. The molecule has 1 aliphatic heterocycles. The van der Waals surface area contributed by atoms with Crippen LogP contribution < -0.4 is 5.32 Å². The highest BCUT2D eigenvalue weighted by atomic mass is 16.5. The number of hydrogen-bond donors (Lipinski definition) is 2. The van der Waals surface area contributed by atoms with E-state index in [1.165, 1.54) is 0 Å². The molecule has 5 nitrogen and oxygen atoms in total. The Labute approximate surface area is 118 Å². The molecule has 2 rings (SSSR count). The fourth-order valence-electron chi connectivity index (χ4n) is 2.27. The molecule has 0 aromatic rings. The smallest absolute Gasteiger partial charge is 0.336 e. The highest BCUT2D eigenvalue weighted by Gasteiger charge is 2.34. The van der Waals surface area contributed by atoms with Gasteiger partial charge in [0.05, 0.1) is 12.2 Å². The van der Waals surface area contributed by atoms with Crippen LogP contribution in [0.1, 0.15) is 33.1 Å². The maximum absolute atomic E-state index is 12.0. The summed E-state index contributed by atoms with van der Waals surface area (Å²) in [7, 11) is 0. The number of aliphatic hydroxyl groups excluding tert-OH is 1. The van der Waals surface area contributed by atoms with Crippen LogP contribution in [0.5, 0.6) is 0 Å². The Hall–Kier alpha value is -2.04. The molecule has 108 valence electrons. The van der Waals surface area contributed by atoms with Gasteiger partial charge >= 0.3 is 5.97 Å². The van der Waals surface area contributed by atoms with Gasteiger partial charge in [-0.2, -0.15) is 0 Å². The average Bonchev–Trinajstić information content (AvgIpc) is 2.38. The van der Waals surface area contributed by atoms with Gasteiger partial charge in [0.2, 0.25) is 0 Å². The first-order chi connectivity index (χ1) is 9.54. The minimum absolute atomic E-state index is 0.165. The molecule has 0 fully saturated rings. The number of ketones is 1. The molecule has 0 aromatic carbocycles. The van der Waals surface area contributed by atoms with Gasteiger partial charge in [0.25, 0.3) is 0 Å². The van der Waals surface area contributed by atoms with Crippen LogP contribution in [0.4, 0.5) is 0 Å². The van der Waals surface area contributed by atoms with Gasteiger partial charge in [0.1, 0.15) is 5.76 Å². The van der Waals surface area contributed by atoms with Crippen LogP contribution >= 0.6 is 0 Å². The SMILES string of the molecule is CCCCOC(=O)C1NC=C2C=C(C)CC(=O)C2=C1O. The van der Waals surface area contributed by atoms with Crippen LogP contribution in [0, 0.1) is 0 Å². The molecular formula is C15H19NO4. The highest BCUT2D eigenvalue weighted by Crippen LogP contribution is 2.30. The zero-order valence-electron chi connectivity index (χ0n) is 11.7. The van der Waals surface area contributed by atoms with Crippen LogP contribution in [0.2, 0.25) is 0 Å². The Morgan fingerprint density at radius 2 is 2.30 bits per heavy atom. The first kappa shape index (κ1) is 14.4. The largest absolute Gasteiger partial charge is 0.509 e. The van der Waals surface area contributed by atoms with E-state index in [1.54, 1.807) is 6.20 Å². The summed E-state index contributed by atoms with van der Waals surface area (Å²) in [6.07, 6.45) is 5.39. The van der Waals surface area contributed by atoms with Gasteiger partial charge in [-0.15, -0.1) is 0 Å². The number of allylic oxidation sites excluding steroid dienone is 4. The molecule has 20 heavy (non-hydrogen) atoms. The summed E-state index contributed by atoms with van der Waals surface area (Å²) < 4.78 is 5.08. The van der Waals surface area contributed by atoms with E-state index in [0.29, 0.717) is 12.2 Å². The van der Waals surface area contributed by atoms with Gasteiger partial charge in [-0.3, -0.25) is 4.79 Å². The van der Waals surface area contributed by atoms with Gasteiger partial charge in [-0.05, 0) is 13.3 Å². The van der Waals surface area contributed by atoms with Crippen molar-refractivity contribution in [3.8, 4) is 0 Å². The first-order valence-corrected chi connectivity index (χ1v) is 6.81. The average molecular weight is 277 g/mol. The molecule has 0 saturated carbocycles.